The molecule has 0 saturated heterocycles. The number of rotatable bonds is 11. The van der Waals surface area contributed by atoms with Crippen LogP contribution < -0.4 is 15.4 Å². The summed E-state index contributed by atoms with van der Waals surface area (Å²) >= 11 is 3.18. The number of nitrogens with zero attached hydrogens (tertiary/aromatic N) is 2. The molecule has 1 aromatic carbocycles. The lowest BCUT2D eigenvalue weighted by molar-refractivity contribution is -0.385. The zero-order valence-electron chi connectivity index (χ0n) is 17.6. The third-order valence-corrected chi connectivity index (χ3v) is 3.75. The van der Waals surface area contributed by atoms with Crippen molar-refractivity contribution in [3.05, 3.63) is 58.2 Å². The summed E-state index contributed by atoms with van der Waals surface area (Å²) in [5.74, 6) is -0.133. The first-order valence-electron chi connectivity index (χ1n) is 9.66. The zero-order chi connectivity index (χ0) is 23.5. The maximum Gasteiger partial charge on any atom is 0.290 e. The molecule has 0 atom stereocenters. The Bertz CT molecular complexity index is 818. The molecule has 0 fully saturated rings. The molecule has 0 aromatic heterocycles. The first kappa shape index (κ1) is 27.8. The van der Waals surface area contributed by atoms with E-state index in [1.54, 1.807) is 12.1 Å². The molecular weight excluding hydrogens is 468 g/mol. The smallest absolute Gasteiger partial charge is 0.290 e. The molecule has 168 valence electrons. The number of alkyl halides is 1. The van der Waals surface area contributed by atoms with Gasteiger partial charge >= 0.3 is 0 Å². The molecule has 1 aromatic rings. The summed E-state index contributed by atoms with van der Waals surface area (Å²) in [6.07, 6.45) is 7.92. The predicted molar refractivity (Wildman–Crippen MR) is 122 cm³/mol. The molecule has 0 radical (unpaired) electrons. The highest BCUT2D eigenvalue weighted by molar-refractivity contribution is 9.09. The quantitative estimate of drug-likeness (QED) is 0.209. The zero-order valence-corrected chi connectivity index (χ0v) is 19.2. The van der Waals surface area contributed by atoms with Crippen molar-refractivity contribution in [2.24, 2.45) is 0 Å². The fraction of sp³-hybridized carbons (Fsp3) is 0.381. The Morgan fingerprint density at radius 3 is 2.23 bits per heavy atom. The number of halogens is 1. The second kappa shape index (κ2) is 17.7. The molecule has 0 saturated carbocycles. The summed E-state index contributed by atoms with van der Waals surface area (Å²) in [4.78, 5) is 32.2. The van der Waals surface area contributed by atoms with Crippen molar-refractivity contribution in [3.63, 3.8) is 0 Å². The van der Waals surface area contributed by atoms with Gasteiger partial charge in [0, 0.05) is 30.6 Å². The van der Waals surface area contributed by atoms with E-state index in [0.717, 1.165) is 24.7 Å². The average molecular weight is 495 g/mol. The van der Waals surface area contributed by atoms with Gasteiger partial charge in [-0.15, -0.1) is 0 Å². The van der Waals surface area contributed by atoms with Crippen LogP contribution in [0.15, 0.2) is 42.5 Å². The van der Waals surface area contributed by atoms with Crippen molar-refractivity contribution < 1.29 is 19.2 Å². The van der Waals surface area contributed by atoms with E-state index >= 15 is 0 Å². The minimum absolute atomic E-state index is 0.0127. The first-order chi connectivity index (χ1) is 14.9. The second-order valence-electron chi connectivity index (χ2n) is 5.87. The highest BCUT2D eigenvalue weighted by Crippen LogP contribution is 2.27. The number of hydrogen-bond acceptors (Lipinski definition) is 6. The maximum atomic E-state index is 11.3. The largest absolute Gasteiger partial charge is 0.488 e. The molecule has 0 bridgehead atoms. The van der Waals surface area contributed by atoms with Gasteiger partial charge in [-0.25, -0.2) is 0 Å². The Hall–Kier alpha value is -3.19. The number of nitriles is 1. The van der Waals surface area contributed by atoms with Gasteiger partial charge < -0.3 is 15.4 Å². The molecule has 0 spiro atoms. The van der Waals surface area contributed by atoms with E-state index in [0.29, 0.717) is 6.54 Å². The topological polar surface area (TPSA) is 134 Å². The second-order valence-corrected chi connectivity index (χ2v) is 6.52. The van der Waals surface area contributed by atoms with Crippen molar-refractivity contribution >= 4 is 33.4 Å². The van der Waals surface area contributed by atoms with E-state index in [4.69, 9.17) is 10.00 Å². The van der Waals surface area contributed by atoms with Gasteiger partial charge in [-0.3, -0.25) is 19.7 Å². The van der Waals surface area contributed by atoms with Crippen molar-refractivity contribution in [2.45, 2.75) is 26.7 Å². The van der Waals surface area contributed by atoms with Crippen LogP contribution in [0.25, 0.3) is 0 Å². The molecule has 2 amide bonds. The number of carbonyl (C=O) groups excluding carboxylic acids is 2. The summed E-state index contributed by atoms with van der Waals surface area (Å²) in [6.45, 7) is 5.35. The monoisotopic (exact) mass is 494 g/mol. The van der Waals surface area contributed by atoms with E-state index in [-0.39, 0.29) is 35.4 Å². The van der Waals surface area contributed by atoms with Crippen LogP contribution in [0.4, 0.5) is 5.69 Å². The highest BCUT2D eigenvalue weighted by atomic mass is 79.9. The van der Waals surface area contributed by atoms with Gasteiger partial charge in [-0.2, -0.15) is 5.26 Å². The fourth-order valence-corrected chi connectivity index (χ4v) is 2.15. The van der Waals surface area contributed by atoms with Crippen LogP contribution in [0.5, 0.6) is 5.75 Å². The van der Waals surface area contributed by atoms with Gasteiger partial charge in [0.1, 0.15) is 18.4 Å². The van der Waals surface area contributed by atoms with Crippen LogP contribution in [0.2, 0.25) is 0 Å². The Labute approximate surface area is 190 Å². The van der Waals surface area contributed by atoms with E-state index < -0.39 is 4.92 Å². The summed E-state index contributed by atoms with van der Waals surface area (Å²) < 4.78 is 5.28. The maximum absolute atomic E-state index is 11.3. The lowest BCUT2D eigenvalue weighted by Crippen LogP contribution is -2.21. The van der Waals surface area contributed by atoms with Gasteiger partial charge in [-0.05, 0) is 31.1 Å². The van der Waals surface area contributed by atoms with Crippen molar-refractivity contribution in [1.29, 1.82) is 5.26 Å². The Morgan fingerprint density at radius 2 is 1.74 bits per heavy atom. The van der Waals surface area contributed by atoms with Gasteiger partial charge in [0.05, 0.1) is 4.92 Å². The number of ether oxygens (including phenoxy) is 1. The number of nitro benzene ring substituents is 1. The van der Waals surface area contributed by atoms with Crippen molar-refractivity contribution in [3.8, 4) is 11.8 Å². The standard InChI is InChI=1S/C14H15N3O4.C7H12BrNO/c1-2-8-16-14(18)7-4-9-21-13-6-3-5-12(17(19)20)11(13)10-15;1-2-6-9-7(10)4-3-5-8/h3-7H,2,8-9H2,1H3,(H,16,18);3-4H,2,5-6H2,1H3,(H,9,10)/b7-4+;4-3+. The number of hydrogen-bond donors (Lipinski definition) is 2. The molecule has 2 N–H and O–H groups in total. The molecule has 31 heavy (non-hydrogen) atoms. The number of carbonyl (C=O) groups is 2. The lowest BCUT2D eigenvalue weighted by Gasteiger charge is -2.05. The molecule has 1 rings (SSSR count). The van der Waals surface area contributed by atoms with Crippen LogP contribution in [0.3, 0.4) is 0 Å². The number of benzene rings is 1. The van der Waals surface area contributed by atoms with Crippen LogP contribution in [0.1, 0.15) is 32.3 Å². The van der Waals surface area contributed by atoms with E-state index in [1.807, 2.05) is 13.8 Å². The summed E-state index contributed by atoms with van der Waals surface area (Å²) in [6, 6.07) is 5.89. The van der Waals surface area contributed by atoms with Crippen LogP contribution in [-0.2, 0) is 9.59 Å². The molecule has 10 heteroatoms. The number of nitrogens with one attached hydrogen (secondary N) is 2. The summed E-state index contributed by atoms with van der Waals surface area (Å²) in [5, 5.41) is 25.9. The Morgan fingerprint density at radius 1 is 1.16 bits per heavy atom. The van der Waals surface area contributed by atoms with Gasteiger partial charge in [0.15, 0.2) is 5.56 Å². The van der Waals surface area contributed by atoms with E-state index in [2.05, 4.69) is 26.6 Å². The van der Waals surface area contributed by atoms with Gasteiger partial charge in [0.25, 0.3) is 5.69 Å². The molecule has 0 aliphatic carbocycles. The average Bonchev–Trinajstić information content (AvgIpc) is 2.77. The summed E-state index contributed by atoms with van der Waals surface area (Å²) in [5.41, 5.74) is -0.439. The minimum atomic E-state index is -0.639. The predicted octanol–water partition coefficient (Wildman–Crippen LogP) is 3.39. The minimum Gasteiger partial charge on any atom is -0.488 e. The number of allylic oxidation sites excluding steroid dienone is 1. The molecule has 0 unspecified atom stereocenters. The number of amides is 2. The van der Waals surface area contributed by atoms with Gasteiger partial charge in [0.2, 0.25) is 11.8 Å². The number of nitro groups is 1. The summed E-state index contributed by atoms with van der Waals surface area (Å²) in [7, 11) is 0. The molecule has 9 nitrogen and oxygen atoms in total. The van der Waals surface area contributed by atoms with Gasteiger partial charge in [-0.1, -0.05) is 41.9 Å². The van der Waals surface area contributed by atoms with E-state index in [1.165, 1.54) is 36.4 Å². The van der Waals surface area contributed by atoms with Crippen LogP contribution >= 0.6 is 15.9 Å². The SMILES string of the molecule is CCCNC(=O)/C=C/CBr.CCCNC(=O)/C=C/COc1cccc([N+](=O)[O-])c1C#N. The van der Waals surface area contributed by atoms with Crippen LogP contribution in [0, 0.1) is 21.4 Å². The van der Waals surface area contributed by atoms with Crippen molar-refractivity contribution in [2.75, 3.05) is 25.0 Å². The fourth-order valence-electron chi connectivity index (χ4n) is 1.96. The molecule has 0 heterocycles. The lowest BCUT2D eigenvalue weighted by atomic mass is 10.2. The Balaban J connectivity index is 0.000000759. The normalized spacial score (nSPS) is 10.1. The van der Waals surface area contributed by atoms with Crippen molar-refractivity contribution in [1.82, 2.24) is 10.6 Å². The third-order valence-electron chi connectivity index (χ3n) is 3.37. The molecule has 0 aliphatic heterocycles. The molecule has 0 aliphatic rings. The van der Waals surface area contributed by atoms with E-state index in [9.17, 15) is 19.7 Å². The third kappa shape index (κ3) is 12.9. The first-order valence-corrected chi connectivity index (χ1v) is 10.8. The Kier molecular flexibility index (Phi) is 15.8. The highest BCUT2D eigenvalue weighted by Gasteiger charge is 2.17. The van der Waals surface area contributed by atoms with Crippen LogP contribution in [-0.4, -0.2) is 41.8 Å². The molecular formula is C21H27BrN4O5.